The Morgan fingerprint density at radius 3 is 2.33 bits per heavy atom. The van der Waals surface area contributed by atoms with Crippen LogP contribution in [0.25, 0.3) is 0 Å². The van der Waals surface area contributed by atoms with E-state index in [2.05, 4.69) is 27.8 Å². The molecule has 1 aliphatic rings. The monoisotopic (exact) mass is 654 g/mol. The lowest BCUT2D eigenvalue weighted by Crippen LogP contribution is -2.38. The zero-order valence-corrected chi connectivity index (χ0v) is 27.0. The number of thioether (sulfide) groups is 1. The number of aliphatic hydroxyl groups excluding tert-OH is 1. The lowest BCUT2D eigenvalue weighted by atomic mass is 9.91. The number of aromatic nitrogens is 2. The number of hydrogen-bond acceptors (Lipinski definition) is 9. The largest absolute Gasteiger partial charge is 0.457 e. The molecule has 4 atom stereocenters. The highest BCUT2D eigenvalue weighted by Crippen LogP contribution is 2.43. The van der Waals surface area contributed by atoms with Crippen molar-refractivity contribution in [2.45, 2.75) is 43.3 Å². The quantitative estimate of drug-likeness (QED) is 0.129. The SMILES string of the molecule is Cc1nnc(SCC2OC(c3cccc(NC(=O)Nc4ccc(Oc5ccccc5)cc4)c3)OC(c3ccc(CO)cc3)C2C)s1. The number of benzene rings is 4. The number of aliphatic hydroxyl groups is 1. The van der Waals surface area contributed by atoms with Crippen molar-refractivity contribution in [1.82, 2.24) is 10.2 Å². The first kappa shape index (κ1) is 31.7. The molecule has 5 aromatic rings. The van der Waals surface area contributed by atoms with E-state index in [0.29, 0.717) is 22.9 Å². The molecule has 236 valence electrons. The molecule has 1 fully saturated rings. The number of nitrogens with zero attached hydrogens (tertiary/aromatic N) is 2. The number of carbonyl (C=O) groups excluding carboxylic acids is 1. The van der Waals surface area contributed by atoms with E-state index >= 15 is 0 Å². The molecule has 1 saturated heterocycles. The number of nitrogens with one attached hydrogen (secondary N) is 2. The predicted molar refractivity (Wildman–Crippen MR) is 180 cm³/mol. The Bertz CT molecular complexity index is 1730. The second-order valence-corrected chi connectivity index (χ2v) is 13.3. The molecule has 0 bridgehead atoms. The summed E-state index contributed by atoms with van der Waals surface area (Å²) in [6.45, 7) is 4.05. The zero-order chi connectivity index (χ0) is 31.9. The lowest BCUT2D eigenvalue weighted by molar-refractivity contribution is -0.268. The van der Waals surface area contributed by atoms with Crippen molar-refractivity contribution < 1.29 is 24.1 Å². The van der Waals surface area contributed by atoms with Crippen LogP contribution in [0.4, 0.5) is 16.2 Å². The first-order valence-electron chi connectivity index (χ1n) is 14.9. The van der Waals surface area contributed by atoms with Gasteiger partial charge in [0.25, 0.3) is 0 Å². The van der Waals surface area contributed by atoms with E-state index in [9.17, 15) is 9.90 Å². The molecule has 46 heavy (non-hydrogen) atoms. The minimum atomic E-state index is -0.664. The van der Waals surface area contributed by atoms with Crippen LogP contribution in [0.15, 0.2) is 107 Å². The van der Waals surface area contributed by atoms with Crippen LogP contribution in [-0.2, 0) is 16.1 Å². The molecule has 2 amide bonds. The van der Waals surface area contributed by atoms with Gasteiger partial charge in [0, 0.05) is 28.6 Å². The normalized spacial score (nSPS) is 19.4. The summed E-state index contributed by atoms with van der Waals surface area (Å²) in [5.74, 6) is 2.12. The minimum absolute atomic E-state index is 0.0189. The summed E-state index contributed by atoms with van der Waals surface area (Å²) >= 11 is 3.19. The minimum Gasteiger partial charge on any atom is -0.457 e. The molecular formula is C35H34N4O5S2. The first-order chi connectivity index (χ1) is 22.4. The number of anilines is 2. The maximum Gasteiger partial charge on any atom is 0.323 e. The van der Waals surface area contributed by atoms with Gasteiger partial charge in [0.2, 0.25) is 0 Å². The number of hydrogen-bond donors (Lipinski definition) is 3. The van der Waals surface area contributed by atoms with Gasteiger partial charge in [-0.1, -0.05) is 84.6 Å². The molecule has 4 unspecified atom stereocenters. The Morgan fingerprint density at radius 2 is 1.61 bits per heavy atom. The molecule has 0 spiro atoms. The van der Waals surface area contributed by atoms with Crippen molar-refractivity contribution in [3.05, 3.63) is 125 Å². The van der Waals surface area contributed by atoms with Gasteiger partial charge in [0.1, 0.15) is 16.5 Å². The van der Waals surface area contributed by atoms with E-state index in [1.807, 2.05) is 85.8 Å². The molecular weight excluding hydrogens is 621 g/mol. The van der Waals surface area contributed by atoms with Crippen LogP contribution >= 0.6 is 23.1 Å². The van der Waals surface area contributed by atoms with E-state index in [-0.39, 0.29) is 30.8 Å². The second-order valence-electron chi connectivity index (χ2n) is 10.9. The number of ether oxygens (including phenoxy) is 3. The fourth-order valence-electron chi connectivity index (χ4n) is 5.09. The summed E-state index contributed by atoms with van der Waals surface area (Å²) in [7, 11) is 0. The summed E-state index contributed by atoms with van der Waals surface area (Å²) in [4.78, 5) is 12.9. The Morgan fingerprint density at radius 1 is 0.870 bits per heavy atom. The number of carbonyl (C=O) groups is 1. The third-order valence-electron chi connectivity index (χ3n) is 7.51. The van der Waals surface area contributed by atoms with Crippen molar-refractivity contribution in [3.8, 4) is 11.5 Å². The van der Waals surface area contributed by atoms with Gasteiger partial charge in [-0.3, -0.25) is 0 Å². The fraction of sp³-hybridized carbons (Fsp3) is 0.229. The molecule has 11 heteroatoms. The topological polar surface area (TPSA) is 115 Å². The summed E-state index contributed by atoms with van der Waals surface area (Å²) < 4.78 is 19.9. The van der Waals surface area contributed by atoms with E-state index in [1.165, 1.54) is 0 Å². The van der Waals surface area contributed by atoms with Crippen molar-refractivity contribution in [3.63, 3.8) is 0 Å². The predicted octanol–water partition coefficient (Wildman–Crippen LogP) is 8.36. The number of rotatable bonds is 10. The highest BCUT2D eigenvalue weighted by atomic mass is 32.2. The van der Waals surface area contributed by atoms with Crippen LogP contribution in [0.2, 0.25) is 0 Å². The molecule has 0 radical (unpaired) electrons. The first-order valence-corrected chi connectivity index (χ1v) is 16.7. The maximum atomic E-state index is 12.9. The average Bonchev–Trinajstić information content (AvgIpc) is 3.50. The molecule has 0 aliphatic carbocycles. The average molecular weight is 655 g/mol. The Hall–Kier alpha value is -4.26. The van der Waals surface area contributed by atoms with Gasteiger partial charge in [-0.05, 0) is 66.6 Å². The molecule has 6 rings (SSSR count). The van der Waals surface area contributed by atoms with Crippen LogP contribution in [0.3, 0.4) is 0 Å². The fourth-order valence-corrected chi connectivity index (χ4v) is 7.09. The molecule has 1 aromatic heterocycles. The smallest absolute Gasteiger partial charge is 0.323 e. The van der Waals surface area contributed by atoms with Gasteiger partial charge in [-0.25, -0.2) is 4.79 Å². The van der Waals surface area contributed by atoms with Crippen LogP contribution in [0.1, 0.15) is 41.0 Å². The van der Waals surface area contributed by atoms with E-state index in [4.69, 9.17) is 14.2 Å². The number of urea groups is 1. The van der Waals surface area contributed by atoms with Crippen molar-refractivity contribution >= 4 is 40.5 Å². The van der Waals surface area contributed by atoms with Gasteiger partial charge in [0.05, 0.1) is 18.8 Å². The van der Waals surface area contributed by atoms with E-state index in [1.54, 1.807) is 47.4 Å². The molecule has 1 aliphatic heterocycles. The van der Waals surface area contributed by atoms with Crippen molar-refractivity contribution in [2.75, 3.05) is 16.4 Å². The van der Waals surface area contributed by atoms with Gasteiger partial charge < -0.3 is 30.0 Å². The van der Waals surface area contributed by atoms with E-state index in [0.717, 1.165) is 31.8 Å². The van der Waals surface area contributed by atoms with Crippen LogP contribution in [-0.4, -0.2) is 33.2 Å². The van der Waals surface area contributed by atoms with Gasteiger partial charge >= 0.3 is 6.03 Å². The highest BCUT2D eigenvalue weighted by Gasteiger charge is 2.38. The van der Waals surface area contributed by atoms with Crippen LogP contribution in [0, 0.1) is 12.8 Å². The Balaban J connectivity index is 1.14. The molecule has 3 N–H and O–H groups in total. The Kier molecular flexibility index (Phi) is 10.3. The number of amides is 2. The third kappa shape index (κ3) is 8.11. The summed E-state index contributed by atoms with van der Waals surface area (Å²) in [6.07, 6.45) is -1.06. The van der Waals surface area contributed by atoms with Gasteiger partial charge in [-0.2, -0.15) is 0 Å². The molecule has 4 aromatic carbocycles. The van der Waals surface area contributed by atoms with Crippen molar-refractivity contribution in [2.24, 2.45) is 5.92 Å². The second kappa shape index (κ2) is 14.9. The molecule has 2 heterocycles. The van der Waals surface area contributed by atoms with Crippen molar-refractivity contribution in [1.29, 1.82) is 0 Å². The van der Waals surface area contributed by atoms with Crippen LogP contribution < -0.4 is 15.4 Å². The Labute approximate surface area is 276 Å². The third-order valence-corrected chi connectivity index (χ3v) is 9.57. The summed E-state index contributed by atoms with van der Waals surface area (Å²) in [6, 6.07) is 31.6. The van der Waals surface area contributed by atoms with Crippen LogP contribution in [0.5, 0.6) is 11.5 Å². The lowest BCUT2D eigenvalue weighted by Gasteiger charge is -2.41. The standard InChI is InChI=1S/C35H34N4O5S2/c1-22-31(21-45-35-39-38-23(2)46-35)43-33(44-32(22)25-13-11-24(20-40)12-14-25)26-7-6-8-28(19-26)37-34(41)36-27-15-17-30(18-16-27)42-29-9-4-3-5-10-29/h3-19,22,31-33,40H,20-21H2,1-2H3,(H2,36,37,41). The zero-order valence-electron chi connectivity index (χ0n) is 25.3. The molecule has 0 saturated carbocycles. The highest BCUT2D eigenvalue weighted by molar-refractivity contribution is 8.01. The number of para-hydroxylation sites is 1. The van der Waals surface area contributed by atoms with Gasteiger partial charge in [0.15, 0.2) is 10.6 Å². The number of aryl methyl sites for hydroxylation is 1. The summed E-state index contributed by atoms with van der Waals surface area (Å²) in [5.41, 5.74) is 3.86. The summed E-state index contributed by atoms with van der Waals surface area (Å²) in [5, 5.41) is 24.6. The molecule has 9 nitrogen and oxygen atoms in total. The maximum absolute atomic E-state index is 12.9. The van der Waals surface area contributed by atoms with E-state index < -0.39 is 6.29 Å². The van der Waals surface area contributed by atoms with Gasteiger partial charge in [-0.15, -0.1) is 10.2 Å².